The smallest absolute Gasteiger partial charge is 0.262 e. The average molecular weight is 512 g/mol. The van der Waals surface area contributed by atoms with Gasteiger partial charge in [-0.2, -0.15) is 0 Å². The molecule has 1 atom stereocenters. The first-order chi connectivity index (χ1) is 17.6. The van der Waals surface area contributed by atoms with Gasteiger partial charge in [0.1, 0.15) is 13.1 Å². The van der Waals surface area contributed by atoms with Crippen molar-refractivity contribution < 1.29 is 23.9 Å². The number of carbonyl (C=O) groups is 1. The van der Waals surface area contributed by atoms with Crippen molar-refractivity contribution in [2.75, 3.05) is 39.6 Å². The van der Waals surface area contributed by atoms with Gasteiger partial charge in [-0.25, -0.2) is 4.98 Å². The number of ether oxygens (including phenoxy) is 3. The number of carbonyl (C=O) groups excluding carboxylic acids is 1. The minimum atomic E-state index is -0.428. The highest BCUT2D eigenvalue weighted by atomic mass is 32.2. The van der Waals surface area contributed by atoms with Gasteiger partial charge < -0.3 is 24.4 Å². The molecule has 2 aliphatic rings. The molecule has 1 saturated heterocycles. The molecule has 36 heavy (non-hydrogen) atoms. The number of benzene rings is 2. The summed E-state index contributed by atoms with van der Waals surface area (Å²) in [4.78, 5) is 32.5. The lowest BCUT2D eigenvalue weighted by atomic mass is 10.2. The Bertz CT molecular complexity index is 1290. The Morgan fingerprint density at radius 3 is 2.83 bits per heavy atom. The van der Waals surface area contributed by atoms with Gasteiger partial charge in [-0.3, -0.25) is 14.2 Å². The minimum Gasteiger partial charge on any atom is -0.454 e. The van der Waals surface area contributed by atoms with E-state index in [1.807, 2.05) is 49.4 Å². The van der Waals surface area contributed by atoms with Gasteiger partial charge in [0, 0.05) is 19.5 Å². The van der Waals surface area contributed by atoms with E-state index in [4.69, 9.17) is 19.2 Å². The number of aromatic nitrogens is 2. The Morgan fingerprint density at radius 2 is 1.97 bits per heavy atom. The van der Waals surface area contributed by atoms with E-state index in [1.165, 1.54) is 16.7 Å². The number of hydrogen-bond acceptors (Lipinski definition) is 7. The molecule has 0 saturated carbocycles. The van der Waals surface area contributed by atoms with E-state index < -0.39 is 5.25 Å². The largest absolute Gasteiger partial charge is 0.454 e. The maximum Gasteiger partial charge on any atom is 0.262 e. The van der Waals surface area contributed by atoms with Crippen LogP contribution in [0.3, 0.4) is 0 Å². The normalized spacial score (nSPS) is 16.2. The highest BCUT2D eigenvalue weighted by Gasteiger charge is 2.21. The van der Waals surface area contributed by atoms with Crippen molar-refractivity contribution in [2.24, 2.45) is 0 Å². The Hall–Kier alpha value is -3.08. The number of thioether (sulfide) groups is 1. The first-order valence-corrected chi connectivity index (χ1v) is 13.2. The van der Waals surface area contributed by atoms with Gasteiger partial charge in [-0.1, -0.05) is 30.0 Å². The molecule has 2 aliphatic heterocycles. The molecule has 2 N–H and O–H groups in total. The van der Waals surface area contributed by atoms with Crippen LogP contribution in [0.2, 0.25) is 0 Å². The maximum absolute atomic E-state index is 13.3. The number of nitrogens with zero attached hydrogens (tertiary/aromatic N) is 2. The molecule has 3 heterocycles. The third-order valence-corrected chi connectivity index (χ3v) is 7.58. The summed E-state index contributed by atoms with van der Waals surface area (Å²) in [6.07, 6.45) is 0.855. The molecule has 9 nitrogen and oxygen atoms in total. The van der Waals surface area contributed by atoms with Crippen LogP contribution >= 0.6 is 11.8 Å². The van der Waals surface area contributed by atoms with Crippen LogP contribution in [0.4, 0.5) is 0 Å². The zero-order chi connectivity index (χ0) is 24.9. The van der Waals surface area contributed by atoms with Crippen molar-refractivity contribution in [3.05, 3.63) is 58.4 Å². The van der Waals surface area contributed by atoms with E-state index in [0.717, 1.165) is 44.8 Å². The molecule has 1 fully saturated rings. The molecule has 0 bridgehead atoms. The fourth-order valence-electron chi connectivity index (χ4n) is 4.43. The monoisotopic (exact) mass is 511 g/mol. The molecular formula is C26H31N4O5S+. The first-order valence-electron chi connectivity index (χ1n) is 12.3. The number of quaternary nitrogens is 1. The molecule has 3 aromatic rings. The maximum atomic E-state index is 13.3. The number of amides is 1. The lowest BCUT2D eigenvalue weighted by Gasteiger charge is -2.24. The number of morpholine rings is 1. The minimum absolute atomic E-state index is 0.0620. The van der Waals surface area contributed by atoms with E-state index in [2.05, 4.69) is 5.32 Å². The van der Waals surface area contributed by atoms with E-state index >= 15 is 0 Å². The zero-order valence-electron chi connectivity index (χ0n) is 20.3. The number of nitrogens with one attached hydrogen (secondary N) is 2. The first kappa shape index (κ1) is 24.6. The molecule has 0 spiro atoms. The summed E-state index contributed by atoms with van der Waals surface area (Å²) in [7, 11) is 0. The lowest BCUT2D eigenvalue weighted by molar-refractivity contribution is -0.908. The van der Waals surface area contributed by atoms with Gasteiger partial charge in [0.2, 0.25) is 12.7 Å². The summed E-state index contributed by atoms with van der Waals surface area (Å²) in [5, 5.41) is 3.72. The van der Waals surface area contributed by atoms with Crippen LogP contribution < -0.4 is 25.2 Å². The van der Waals surface area contributed by atoms with Crippen molar-refractivity contribution in [2.45, 2.75) is 36.8 Å². The van der Waals surface area contributed by atoms with E-state index in [9.17, 15) is 9.59 Å². The Morgan fingerprint density at radius 1 is 1.17 bits per heavy atom. The summed E-state index contributed by atoms with van der Waals surface area (Å²) in [6.45, 7) is 7.52. The highest BCUT2D eigenvalue weighted by molar-refractivity contribution is 8.00. The fraction of sp³-hybridized carbons (Fsp3) is 0.423. The molecular weight excluding hydrogens is 480 g/mol. The molecule has 2 aromatic carbocycles. The summed E-state index contributed by atoms with van der Waals surface area (Å²) in [5.41, 5.74) is 1.51. The number of hydrogen-bond donors (Lipinski definition) is 2. The van der Waals surface area contributed by atoms with E-state index in [0.29, 0.717) is 40.6 Å². The van der Waals surface area contributed by atoms with Crippen LogP contribution in [0.5, 0.6) is 11.5 Å². The number of rotatable bonds is 9. The summed E-state index contributed by atoms with van der Waals surface area (Å²) >= 11 is 1.32. The predicted molar refractivity (Wildman–Crippen MR) is 137 cm³/mol. The zero-order valence-corrected chi connectivity index (χ0v) is 21.1. The van der Waals surface area contributed by atoms with Crippen LogP contribution in [0.25, 0.3) is 10.9 Å². The molecule has 0 unspecified atom stereocenters. The lowest BCUT2D eigenvalue weighted by Crippen LogP contribution is -3.14. The highest BCUT2D eigenvalue weighted by Crippen LogP contribution is 2.32. The summed E-state index contributed by atoms with van der Waals surface area (Å²) < 4.78 is 17.9. The third-order valence-electron chi connectivity index (χ3n) is 6.49. The van der Waals surface area contributed by atoms with Gasteiger partial charge in [0.25, 0.3) is 5.56 Å². The Balaban J connectivity index is 1.27. The van der Waals surface area contributed by atoms with E-state index in [-0.39, 0.29) is 18.3 Å². The fourth-order valence-corrected chi connectivity index (χ4v) is 5.39. The van der Waals surface area contributed by atoms with Gasteiger partial charge in [0.15, 0.2) is 16.7 Å². The second-order valence-electron chi connectivity index (χ2n) is 9.00. The second kappa shape index (κ2) is 11.3. The SMILES string of the molecule is C[C@H](Sc1nc2ccccc2c(=O)n1CCC[NH+]1CCOCC1)C(=O)NCc1ccc2c(c1)OCO2. The molecule has 1 aromatic heterocycles. The number of fused-ring (bicyclic) bond motifs is 2. The van der Waals surface area contributed by atoms with Crippen LogP contribution in [0, 0.1) is 0 Å². The molecule has 1 amide bonds. The van der Waals surface area contributed by atoms with Crippen LogP contribution in [-0.4, -0.2) is 60.3 Å². The van der Waals surface area contributed by atoms with Crippen molar-refractivity contribution in [1.29, 1.82) is 0 Å². The Labute approximate surface area is 213 Å². The standard InChI is InChI=1S/C26H30N4O5S/c1-18(24(31)27-16-19-7-8-22-23(15-19)35-17-34-22)36-26-28-21-6-3-2-5-20(21)25(32)30(26)10-4-9-29-11-13-33-14-12-29/h2-3,5-8,15,18H,4,9-14,16-17H2,1H3,(H,27,31)/p+1/t18-/m0/s1. The summed E-state index contributed by atoms with van der Waals surface area (Å²) in [6, 6.07) is 13.0. The molecule has 0 radical (unpaired) electrons. The van der Waals surface area contributed by atoms with Crippen molar-refractivity contribution in [1.82, 2.24) is 14.9 Å². The molecule has 0 aliphatic carbocycles. The van der Waals surface area contributed by atoms with Crippen molar-refractivity contribution in [3.63, 3.8) is 0 Å². The van der Waals surface area contributed by atoms with Gasteiger partial charge >= 0.3 is 0 Å². The average Bonchev–Trinajstić information content (AvgIpc) is 3.37. The third kappa shape index (κ3) is 5.66. The Kier molecular flexibility index (Phi) is 7.74. The van der Waals surface area contributed by atoms with Crippen molar-refractivity contribution >= 4 is 28.6 Å². The van der Waals surface area contributed by atoms with Crippen molar-refractivity contribution in [3.8, 4) is 11.5 Å². The molecule has 10 heteroatoms. The second-order valence-corrected chi connectivity index (χ2v) is 10.3. The quantitative estimate of drug-likeness (QED) is 0.330. The van der Waals surface area contributed by atoms with Crippen LogP contribution in [0.15, 0.2) is 52.4 Å². The summed E-state index contributed by atoms with van der Waals surface area (Å²) in [5.74, 6) is 1.28. The van der Waals surface area contributed by atoms with E-state index in [1.54, 1.807) is 4.57 Å². The van der Waals surface area contributed by atoms with Gasteiger partial charge in [0.05, 0.1) is 35.9 Å². The molecule has 190 valence electrons. The number of para-hydroxylation sites is 1. The topological polar surface area (TPSA) is 96.1 Å². The molecule has 5 rings (SSSR count). The van der Waals surface area contributed by atoms with Gasteiger partial charge in [-0.05, 0) is 36.8 Å². The predicted octanol–water partition coefficient (Wildman–Crippen LogP) is 1.23. The van der Waals surface area contributed by atoms with Crippen LogP contribution in [-0.2, 0) is 22.6 Å². The van der Waals surface area contributed by atoms with Crippen LogP contribution in [0.1, 0.15) is 18.9 Å². The van der Waals surface area contributed by atoms with Gasteiger partial charge in [-0.15, -0.1) is 0 Å².